The number of halogens is 3. The second kappa shape index (κ2) is 9.29. The lowest BCUT2D eigenvalue weighted by Crippen LogP contribution is -2.04. The Morgan fingerprint density at radius 2 is 1.56 bits per heavy atom. The van der Waals surface area contributed by atoms with Crippen molar-refractivity contribution in [2.45, 2.75) is 4.90 Å². The van der Waals surface area contributed by atoms with Crippen LogP contribution >= 0.6 is 46.6 Å². The number of benzene rings is 3. The molecule has 0 aliphatic carbocycles. The monoisotopic (exact) mass is 434 g/mol. The molecule has 3 nitrogen and oxygen atoms in total. The molecule has 0 atom stereocenters. The van der Waals surface area contributed by atoms with Crippen molar-refractivity contribution in [1.82, 2.24) is 0 Å². The van der Waals surface area contributed by atoms with Crippen molar-refractivity contribution in [1.29, 1.82) is 0 Å². The summed E-state index contributed by atoms with van der Waals surface area (Å²) in [6.45, 7) is 0. The molecule has 0 saturated carbocycles. The molecule has 3 rings (SSSR count). The SMILES string of the molecule is O=C(Nc1cc(Cl)cc(Cl)c1)Sc1ccccc1N=Cc1ccc(Cl)cc1. The van der Waals surface area contributed by atoms with Crippen LogP contribution in [0.25, 0.3) is 0 Å². The van der Waals surface area contributed by atoms with Gasteiger partial charge in [-0.25, -0.2) is 0 Å². The number of carbonyl (C=O) groups excluding carboxylic acids is 1. The predicted octanol–water partition coefficient (Wildman–Crippen LogP) is 7.72. The number of carbonyl (C=O) groups is 1. The number of amides is 1. The van der Waals surface area contributed by atoms with E-state index in [1.165, 1.54) is 0 Å². The number of para-hydroxylation sites is 1. The third-order valence-corrected chi connectivity index (χ3v) is 4.94. The molecule has 0 aliphatic rings. The summed E-state index contributed by atoms with van der Waals surface area (Å²) in [7, 11) is 0. The molecule has 136 valence electrons. The third-order valence-electron chi connectivity index (χ3n) is 3.40. The fourth-order valence-electron chi connectivity index (χ4n) is 2.21. The van der Waals surface area contributed by atoms with Crippen LogP contribution in [0.3, 0.4) is 0 Å². The van der Waals surface area contributed by atoms with Gasteiger partial charge in [0.05, 0.1) is 5.69 Å². The van der Waals surface area contributed by atoms with Crippen molar-refractivity contribution >= 4 is 69.4 Å². The Balaban J connectivity index is 1.73. The lowest BCUT2D eigenvalue weighted by Gasteiger charge is -2.07. The molecular weight excluding hydrogens is 423 g/mol. The molecule has 0 aliphatic heterocycles. The second-order valence-corrected chi connectivity index (χ2v) is 7.77. The normalized spacial score (nSPS) is 10.9. The standard InChI is InChI=1S/C20H13Cl3N2OS/c21-14-7-5-13(6-8-14)12-24-18-3-1-2-4-19(18)27-20(26)25-17-10-15(22)9-16(23)11-17/h1-12H,(H,25,26). The molecule has 0 unspecified atom stereocenters. The minimum absolute atomic E-state index is 0.262. The van der Waals surface area contributed by atoms with Crippen molar-refractivity contribution in [3.8, 4) is 0 Å². The molecule has 0 fully saturated rings. The molecule has 7 heteroatoms. The fraction of sp³-hybridized carbons (Fsp3) is 0. The van der Waals surface area contributed by atoms with E-state index in [0.717, 1.165) is 22.2 Å². The number of hydrogen-bond acceptors (Lipinski definition) is 3. The maximum Gasteiger partial charge on any atom is 0.288 e. The zero-order chi connectivity index (χ0) is 19.2. The van der Waals surface area contributed by atoms with Crippen LogP contribution < -0.4 is 5.32 Å². The summed E-state index contributed by atoms with van der Waals surface area (Å²) in [5, 5.41) is 4.08. The van der Waals surface area contributed by atoms with Gasteiger partial charge in [-0.2, -0.15) is 0 Å². The van der Waals surface area contributed by atoms with Gasteiger partial charge >= 0.3 is 0 Å². The lowest BCUT2D eigenvalue weighted by molar-refractivity contribution is 0.270. The summed E-state index contributed by atoms with van der Waals surface area (Å²) < 4.78 is 0. The predicted molar refractivity (Wildman–Crippen MR) is 116 cm³/mol. The van der Waals surface area contributed by atoms with Crippen LogP contribution in [0.4, 0.5) is 16.2 Å². The van der Waals surface area contributed by atoms with Gasteiger partial charge in [0, 0.05) is 31.9 Å². The van der Waals surface area contributed by atoms with Crippen molar-refractivity contribution in [2.75, 3.05) is 5.32 Å². The molecule has 1 N–H and O–H groups in total. The Morgan fingerprint density at radius 1 is 0.889 bits per heavy atom. The first kappa shape index (κ1) is 19.8. The van der Waals surface area contributed by atoms with E-state index in [0.29, 0.717) is 26.4 Å². The smallest absolute Gasteiger partial charge is 0.288 e. The summed E-state index contributed by atoms with van der Waals surface area (Å²) >= 11 is 18.8. The highest BCUT2D eigenvalue weighted by atomic mass is 35.5. The maximum atomic E-state index is 12.4. The van der Waals surface area contributed by atoms with E-state index >= 15 is 0 Å². The van der Waals surface area contributed by atoms with Gasteiger partial charge in [0.25, 0.3) is 5.24 Å². The second-order valence-electron chi connectivity index (χ2n) is 5.45. The molecule has 27 heavy (non-hydrogen) atoms. The minimum atomic E-state index is -0.262. The molecule has 0 spiro atoms. The van der Waals surface area contributed by atoms with Crippen LogP contribution in [-0.4, -0.2) is 11.5 Å². The molecule has 0 heterocycles. The highest BCUT2D eigenvalue weighted by molar-refractivity contribution is 8.14. The number of nitrogens with zero attached hydrogens (tertiary/aromatic N) is 1. The van der Waals surface area contributed by atoms with Gasteiger partial charge in [-0.1, -0.05) is 59.1 Å². The van der Waals surface area contributed by atoms with Crippen molar-refractivity contribution in [3.05, 3.63) is 87.4 Å². The summed E-state index contributed by atoms with van der Waals surface area (Å²) in [6, 6.07) is 19.6. The van der Waals surface area contributed by atoms with Crippen molar-refractivity contribution in [3.63, 3.8) is 0 Å². The third kappa shape index (κ3) is 6.01. The highest BCUT2D eigenvalue weighted by Crippen LogP contribution is 2.31. The maximum absolute atomic E-state index is 12.4. The average molecular weight is 436 g/mol. The van der Waals surface area contributed by atoms with E-state index in [2.05, 4.69) is 10.3 Å². The van der Waals surface area contributed by atoms with E-state index in [4.69, 9.17) is 34.8 Å². The number of thioether (sulfide) groups is 1. The van der Waals surface area contributed by atoms with Gasteiger partial charge in [0.2, 0.25) is 0 Å². The summed E-state index contributed by atoms with van der Waals surface area (Å²) in [5.41, 5.74) is 2.14. The number of aliphatic imine (C=N–C) groups is 1. The van der Waals surface area contributed by atoms with Crippen LogP contribution in [0, 0.1) is 0 Å². The first-order chi connectivity index (χ1) is 13.0. The fourth-order valence-corrected chi connectivity index (χ4v) is 3.60. The first-order valence-electron chi connectivity index (χ1n) is 7.83. The molecule has 3 aromatic carbocycles. The number of hydrogen-bond donors (Lipinski definition) is 1. The molecule has 1 amide bonds. The van der Waals surface area contributed by atoms with Gasteiger partial charge < -0.3 is 5.32 Å². The van der Waals surface area contributed by atoms with Crippen LogP contribution in [0.2, 0.25) is 15.1 Å². The van der Waals surface area contributed by atoms with Crippen molar-refractivity contribution in [2.24, 2.45) is 4.99 Å². The Hall–Kier alpha value is -1.98. The number of nitrogens with one attached hydrogen (secondary N) is 1. The molecule has 0 aromatic heterocycles. The Bertz CT molecular complexity index is 971. The van der Waals surface area contributed by atoms with E-state index in [-0.39, 0.29) is 5.24 Å². The van der Waals surface area contributed by atoms with E-state index in [9.17, 15) is 4.79 Å². The van der Waals surface area contributed by atoms with Gasteiger partial charge in [-0.3, -0.25) is 9.79 Å². The summed E-state index contributed by atoms with van der Waals surface area (Å²) in [6.07, 6.45) is 1.73. The van der Waals surface area contributed by atoms with Gasteiger partial charge in [0.1, 0.15) is 0 Å². The molecule has 0 bridgehead atoms. The molecular formula is C20H13Cl3N2OS. The zero-order valence-electron chi connectivity index (χ0n) is 13.8. The van der Waals surface area contributed by atoms with Crippen LogP contribution in [-0.2, 0) is 0 Å². The number of rotatable bonds is 4. The Labute approximate surface area is 176 Å². The molecule has 3 aromatic rings. The van der Waals surface area contributed by atoms with Crippen LogP contribution in [0.1, 0.15) is 5.56 Å². The molecule has 0 radical (unpaired) electrons. The van der Waals surface area contributed by atoms with E-state index < -0.39 is 0 Å². The number of anilines is 1. The topological polar surface area (TPSA) is 41.5 Å². The quantitative estimate of drug-likeness (QED) is 0.336. The van der Waals surface area contributed by atoms with E-state index in [1.807, 2.05) is 36.4 Å². The Morgan fingerprint density at radius 3 is 2.26 bits per heavy atom. The van der Waals surface area contributed by atoms with Crippen molar-refractivity contribution < 1.29 is 4.79 Å². The molecule has 0 saturated heterocycles. The van der Waals surface area contributed by atoms with Crippen LogP contribution in [0.15, 0.2) is 76.6 Å². The van der Waals surface area contributed by atoms with Gasteiger partial charge in [-0.05, 0) is 59.8 Å². The zero-order valence-corrected chi connectivity index (χ0v) is 16.9. The Kier molecular flexibility index (Phi) is 6.80. The highest BCUT2D eigenvalue weighted by Gasteiger charge is 2.09. The summed E-state index contributed by atoms with van der Waals surface area (Å²) in [4.78, 5) is 17.6. The summed E-state index contributed by atoms with van der Waals surface area (Å²) in [5.74, 6) is 0. The largest absolute Gasteiger partial charge is 0.316 e. The van der Waals surface area contributed by atoms with Crippen LogP contribution in [0.5, 0.6) is 0 Å². The first-order valence-corrected chi connectivity index (χ1v) is 9.78. The lowest BCUT2D eigenvalue weighted by atomic mass is 10.2. The minimum Gasteiger partial charge on any atom is -0.316 e. The van der Waals surface area contributed by atoms with Gasteiger partial charge in [-0.15, -0.1) is 0 Å². The average Bonchev–Trinajstić information content (AvgIpc) is 2.61. The van der Waals surface area contributed by atoms with Gasteiger partial charge in [0.15, 0.2) is 0 Å². The van der Waals surface area contributed by atoms with E-state index in [1.54, 1.807) is 36.5 Å².